The third kappa shape index (κ3) is 3.21. The number of rotatable bonds is 5. The van der Waals surface area contributed by atoms with Gasteiger partial charge in [-0.05, 0) is 32.6 Å². The fraction of sp³-hybridized carbons (Fsp3) is 0.526. The van der Waals surface area contributed by atoms with Crippen molar-refractivity contribution in [3.8, 4) is 0 Å². The number of hydrogen-bond donors (Lipinski definition) is 0. The van der Waals surface area contributed by atoms with Gasteiger partial charge in [-0.2, -0.15) is 0 Å². The Kier molecular flexibility index (Phi) is 4.13. The van der Waals surface area contributed by atoms with E-state index >= 15 is 0 Å². The summed E-state index contributed by atoms with van der Waals surface area (Å²) in [6, 6.07) is 3.42. The monoisotopic (exact) mass is 368 g/mol. The molecule has 0 amide bonds. The summed E-state index contributed by atoms with van der Waals surface area (Å²) < 4.78 is 2.12. The maximum atomic E-state index is 4.73. The van der Waals surface area contributed by atoms with Crippen molar-refractivity contribution in [2.75, 3.05) is 18.0 Å². The molecular formula is C19H24N6S. The summed E-state index contributed by atoms with van der Waals surface area (Å²) in [5.41, 5.74) is 2.23. The lowest BCUT2D eigenvalue weighted by atomic mass is 10.0. The van der Waals surface area contributed by atoms with Crippen LogP contribution in [0.2, 0.25) is 0 Å². The van der Waals surface area contributed by atoms with E-state index in [0.717, 1.165) is 36.1 Å². The first kappa shape index (κ1) is 16.2. The maximum absolute atomic E-state index is 4.73. The van der Waals surface area contributed by atoms with Crippen LogP contribution < -0.4 is 4.90 Å². The summed E-state index contributed by atoms with van der Waals surface area (Å²) in [4.78, 5) is 19.8. The Bertz CT molecular complexity index is 862. The highest BCUT2D eigenvalue weighted by atomic mass is 32.1. The van der Waals surface area contributed by atoms with E-state index in [4.69, 9.17) is 4.98 Å². The topological polar surface area (TPSA) is 49.6 Å². The lowest BCUT2D eigenvalue weighted by Gasteiger charge is -2.39. The molecule has 0 aromatic carbocycles. The van der Waals surface area contributed by atoms with Gasteiger partial charge in [0.1, 0.15) is 12.1 Å². The number of anilines is 1. The van der Waals surface area contributed by atoms with Crippen molar-refractivity contribution in [1.29, 1.82) is 0 Å². The second-order valence-corrected chi connectivity index (χ2v) is 8.36. The first-order valence-electron chi connectivity index (χ1n) is 9.47. The van der Waals surface area contributed by atoms with Gasteiger partial charge in [-0.15, -0.1) is 11.3 Å². The van der Waals surface area contributed by atoms with Crippen molar-refractivity contribution in [3.05, 3.63) is 41.6 Å². The molecular weight excluding hydrogens is 344 g/mol. The van der Waals surface area contributed by atoms with Crippen LogP contribution in [-0.2, 0) is 6.54 Å². The Labute approximate surface area is 157 Å². The molecule has 0 spiro atoms. The van der Waals surface area contributed by atoms with Gasteiger partial charge in [0.25, 0.3) is 0 Å². The number of imidazole rings is 1. The van der Waals surface area contributed by atoms with Gasteiger partial charge in [0.15, 0.2) is 4.96 Å². The standard InChI is InChI=1S/C19H24N6S/c1-14-10-18(21-13-20-14)25(16-2-3-16)17-4-6-23(7-5-17)11-15-12-24-8-9-26-19(24)22-15/h8-10,12-13,16-17H,2-7,11H2,1H3. The van der Waals surface area contributed by atoms with Gasteiger partial charge in [-0.3, -0.25) is 9.30 Å². The summed E-state index contributed by atoms with van der Waals surface area (Å²) in [5, 5.41) is 2.08. The summed E-state index contributed by atoms with van der Waals surface area (Å²) in [7, 11) is 0. The van der Waals surface area contributed by atoms with Crippen LogP contribution >= 0.6 is 11.3 Å². The van der Waals surface area contributed by atoms with Crippen molar-refractivity contribution >= 4 is 22.1 Å². The number of nitrogens with zero attached hydrogens (tertiary/aromatic N) is 6. The zero-order valence-corrected chi connectivity index (χ0v) is 15.9. The van der Waals surface area contributed by atoms with E-state index in [1.54, 1.807) is 17.7 Å². The molecule has 1 saturated heterocycles. The Balaban J connectivity index is 1.24. The minimum Gasteiger partial charge on any atom is -0.350 e. The molecule has 1 saturated carbocycles. The van der Waals surface area contributed by atoms with Crippen LogP contribution in [0.15, 0.2) is 30.2 Å². The SMILES string of the molecule is Cc1cc(N(C2CC2)C2CCN(Cc3cn4ccsc4n3)CC2)ncn1. The summed E-state index contributed by atoms with van der Waals surface area (Å²) in [5.74, 6) is 1.12. The lowest BCUT2D eigenvalue weighted by molar-refractivity contribution is 0.198. The number of aryl methyl sites for hydroxylation is 1. The molecule has 0 radical (unpaired) electrons. The van der Waals surface area contributed by atoms with Gasteiger partial charge >= 0.3 is 0 Å². The predicted octanol–water partition coefficient (Wildman–Crippen LogP) is 3.13. The summed E-state index contributed by atoms with van der Waals surface area (Å²) >= 11 is 1.70. The van der Waals surface area contributed by atoms with E-state index in [0.29, 0.717) is 12.1 Å². The largest absolute Gasteiger partial charge is 0.350 e. The maximum Gasteiger partial charge on any atom is 0.193 e. The van der Waals surface area contributed by atoms with E-state index in [1.807, 2.05) is 0 Å². The van der Waals surface area contributed by atoms with Crippen LogP contribution in [0, 0.1) is 6.92 Å². The summed E-state index contributed by atoms with van der Waals surface area (Å²) in [6.45, 7) is 5.26. The molecule has 2 fully saturated rings. The van der Waals surface area contributed by atoms with Gasteiger partial charge in [-0.1, -0.05) is 0 Å². The molecule has 0 N–H and O–H groups in total. The summed E-state index contributed by atoms with van der Waals surface area (Å²) in [6.07, 6.45) is 10.9. The third-order valence-corrected chi connectivity index (χ3v) is 6.24. The molecule has 1 aliphatic carbocycles. The molecule has 5 rings (SSSR count). The van der Waals surface area contributed by atoms with Gasteiger partial charge in [0, 0.05) is 61.3 Å². The molecule has 1 aliphatic heterocycles. The lowest BCUT2D eigenvalue weighted by Crippen LogP contribution is -2.46. The van der Waals surface area contributed by atoms with Crippen LogP contribution in [0.3, 0.4) is 0 Å². The number of piperidine rings is 1. The zero-order chi connectivity index (χ0) is 17.5. The zero-order valence-electron chi connectivity index (χ0n) is 15.1. The van der Waals surface area contributed by atoms with Crippen LogP contribution in [-0.4, -0.2) is 49.4 Å². The third-order valence-electron chi connectivity index (χ3n) is 5.47. The first-order valence-corrected chi connectivity index (χ1v) is 10.3. The molecule has 26 heavy (non-hydrogen) atoms. The number of aromatic nitrogens is 4. The molecule has 0 atom stereocenters. The fourth-order valence-electron chi connectivity index (χ4n) is 4.04. The average Bonchev–Trinajstić information content (AvgIpc) is 3.24. The Morgan fingerprint density at radius 1 is 1.15 bits per heavy atom. The number of hydrogen-bond acceptors (Lipinski definition) is 6. The molecule has 136 valence electrons. The average molecular weight is 369 g/mol. The van der Waals surface area contributed by atoms with E-state index < -0.39 is 0 Å². The molecule has 0 unspecified atom stereocenters. The number of likely N-dealkylation sites (tertiary alicyclic amines) is 1. The molecule has 3 aromatic rings. The van der Waals surface area contributed by atoms with Crippen molar-refractivity contribution < 1.29 is 0 Å². The second kappa shape index (κ2) is 6.63. The fourth-order valence-corrected chi connectivity index (χ4v) is 4.76. The van der Waals surface area contributed by atoms with Crippen LogP contribution in [0.4, 0.5) is 5.82 Å². The molecule has 2 aliphatic rings. The highest BCUT2D eigenvalue weighted by Gasteiger charge is 2.36. The minimum absolute atomic E-state index is 0.596. The van der Waals surface area contributed by atoms with E-state index in [9.17, 15) is 0 Å². The van der Waals surface area contributed by atoms with Crippen LogP contribution in [0.25, 0.3) is 4.96 Å². The highest BCUT2D eigenvalue weighted by Crippen LogP contribution is 2.35. The van der Waals surface area contributed by atoms with Gasteiger partial charge in [0.05, 0.1) is 5.69 Å². The van der Waals surface area contributed by atoms with Crippen LogP contribution in [0.1, 0.15) is 37.1 Å². The Morgan fingerprint density at radius 3 is 2.69 bits per heavy atom. The number of fused-ring (bicyclic) bond motifs is 1. The molecule has 7 heteroatoms. The van der Waals surface area contributed by atoms with Crippen molar-refractivity contribution in [2.24, 2.45) is 0 Å². The Hall–Kier alpha value is -1.99. The highest BCUT2D eigenvalue weighted by molar-refractivity contribution is 7.15. The quantitative estimate of drug-likeness (QED) is 0.692. The van der Waals surface area contributed by atoms with Crippen molar-refractivity contribution in [1.82, 2.24) is 24.3 Å². The van der Waals surface area contributed by atoms with E-state index in [-0.39, 0.29) is 0 Å². The predicted molar refractivity (Wildman–Crippen MR) is 104 cm³/mol. The van der Waals surface area contributed by atoms with Crippen molar-refractivity contribution in [2.45, 2.75) is 51.2 Å². The van der Waals surface area contributed by atoms with E-state index in [2.05, 4.69) is 54.9 Å². The van der Waals surface area contributed by atoms with Crippen LogP contribution in [0.5, 0.6) is 0 Å². The van der Waals surface area contributed by atoms with E-state index in [1.165, 1.54) is 31.4 Å². The molecule has 6 nitrogen and oxygen atoms in total. The van der Waals surface area contributed by atoms with Gasteiger partial charge < -0.3 is 4.90 Å². The normalized spacial score (nSPS) is 19.3. The number of thiazole rings is 1. The van der Waals surface area contributed by atoms with Crippen molar-refractivity contribution in [3.63, 3.8) is 0 Å². The Morgan fingerprint density at radius 2 is 1.96 bits per heavy atom. The second-order valence-electron chi connectivity index (χ2n) is 7.49. The first-order chi connectivity index (χ1) is 12.8. The molecule has 0 bridgehead atoms. The smallest absolute Gasteiger partial charge is 0.193 e. The molecule has 3 aromatic heterocycles. The van der Waals surface area contributed by atoms with Gasteiger partial charge in [-0.25, -0.2) is 15.0 Å². The minimum atomic E-state index is 0.596. The van der Waals surface area contributed by atoms with Gasteiger partial charge in [0.2, 0.25) is 0 Å². The molecule has 4 heterocycles.